The van der Waals surface area contributed by atoms with Gasteiger partial charge in [-0.25, -0.2) is 4.42 Å². The third-order valence-electron chi connectivity index (χ3n) is 1.43. The lowest BCUT2D eigenvalue weighted by Crippen LogP contribution is -2.20. The lowest BCUT2D eigenvalue weighted by atomic mass is 10.3. The number of nitrogens with zero attached hydrogens (tertiary/aromatic N) is 2. The Hall–Kier alpha value is -0.640. The van der Waals surface area contributed by atoms with Crippen LogP contribution < -0.4 is 5.73 Å². The molecule has 0 saturated carbocycles. The predicted molar refractivity (Wildman–Crippen MR) is 49.6 cm³/mol. The molecule has 1 aromatic heterocycles. The van der Waals surface area contributed by atoms with Crippen LogP contribution in [0.15, 0.2) is 24.4 Å². The van der Waals surface area contributed by atoms with Crippen LogP contribution in [0, 0.1) is 0 Å². The van der Waals surface area contributed by atoms with Crippen LogP contribution in [-0.4, -0.2) is 22.5 Å². The quantitative estimate of drug-likeness (QED) is 0.712. The summed E-state index contributed by atoms with van der Waals surface area (Å²) in [6.07, 6.45) is 1.75. The Balaban J connectivity index is 2.41. The molecule has 1 rings (SSSR count). The van der Waals surface area contributed by atoms with Crippen molar-refractivity contribution in [2.24, 2.45) is 5.73 Å². The Bertz CT molecular complexity index is 215. The number of halogens is 1. The van der Waals surface area contributed by atoms with E-state index in [0.29, 0.717) is 19.6 Å². The van der Waals surface area contributed by atoms with Gasteiger partial charge in [-0.05, 0) is 23.9 Å². The number of pyridine rings is 1. The number of hydrogen-bond acceptors (Lipinski definition) is 3. The summed E-state index contributed by atoms with van der Waals surface area (Å²) < 4.78 is 1.63. The average Bonchev–Trinajstić information content (AvgIpc) is 2.06. The van der Waals surface area contributed by atoms with Crippen LogP contribution in [0.1, 0.15) is 5.69 Å². The summed E-state index contributed by atoms with van der Waals surface area (Å²) >= 11 is 5.83. The molecule has 1 heterocycles. The second kappa shape index (κ2) is 5.09. The van der Waals surface area contributed by atoms with E-state index < -0.39 is 0 Å². The Kier molecular flexibility index (Phi) is 4.00. The molecule has 66 valence electrons. The van der Waals surface area contributed by atoms with Gasteiger partial charge < -0.3 is 5.73 Å². The molecule has 0 bridgehead atoms. The first-order valence-corrected chi connectivity index (χ1v) is 4.17. The highest BCUT2D eigenvalue weighted by Gasteiger charge is 2.00. The zero-order valence-corrected chi connectivity index (χ0v) is 7.54. The summed E-state index contributed by atoms with van der Waals surface area (Å²) in [7, 11) is 0. The first-order chi connectivity index (χ1) is 5.83. The second-order valence-electron chi connectivity index (χ2n) is 2.45. The van der Waals surface area contributed by atoms with Crippen molar-refractivity contribution >= 4 is 11.8 Å². The summed E-state index contributed by atoms with van der Waals surface area (Å²) in [6, 6.07) is 5.76. The largest absolute Gasteiger partial charge is 0.329 e. The number of hydrogen-bond donors (Lipinski definition) is 1. The van der Waals surface area contributed by atoms with Crippen LogP contribution in [0.5, 0.6) is 0 Å². The highest BCUT2D eigenvalue weighted by molar-refractivity contribution is 6.13. The summed E-state index contributed by atoms with van der Waals surface area (Å²) in [5.41, 5.74) is 6.30. The summed E-state index contributed by atoms with van der Waals surface area (Å²) in [5.74, 6) is 0. The van der Waals surface area contributed by atoms with Crippen molar-refractivity contribution in [3.63, 3.8) is 0 Å². The standard InChI is InChI=1S/C8H12ClN3/c9-12(6-4-10)7-8-3-1-2-5-11-8/h1-3,5H,4,6-7,10H2. The van der Waals surface area contributed by atoms with E-state index in [1.807, 2.05) is 18.2 Å². The van der Waals surface area contributed by atoms with Crippen LogP contribution >= 0.6 is 11.8 Å². The maximum Gasteiger partial charge on any atom is 0.0563 e. The van der Waals surface area contributed by atoms with E-state index in [9.17, 15) is 0 Å². The van der Waals surface area contributed by atoms with Crippen molar-refractivity contribution in [1.29, 1.82) is 0 Å². The normalized spacial score (nSPS) is 10.6. The van der Waals surface area contributed by atoms with Crippen molar-refractivity contribution in [2.45, 2.75) is 6.54 Å². The Morgan fingerprint density at radius 2 is 2.33 bits per heavy atom. The number of nitrogens with two attached hydrogens (primary N) is 1. The number of aromatic nitrogens is 1. The molecule has 0 aliphatic heterocycles. The summed E-state index contributed by atoms with van der Waals surface area (Å²) in [5, 5.41) is 0. The van der Waals surface area contributed by atoms with Gasteiger partial charge in [0.15, 0.2) is 0 Å². The molecular formula is C8H12ClN3. The fourth-order valence-electron chi connectivity index (χ4n) is 0.887. The molecule has 0 fully saturated rings. The smallest absolute Gasteiger partial charge is 0.0563 e. The molecule has 2 N–H and O–H groups in total. The van der Waals surface area contributed by atoms with Crippen LogP contribution in [0.4, 0.5) is 0 Å². The van der Waals surface area contributed by atoms with Crippen LogP contribution in [0.25, 0.3) is 0 Å². The molecule has 3 nitrogen and oxygen atoms in total. The van der Waals surface area contributed by atoms with Gasteiger partial charge in [0.25, 0.3) is 0 Å². The second-order valence-corrected chi connectivity index (χ2v) is 2.93. The minimum absolute atomic E-state index is 0.566. The maximum absolute atomic E-state index is 5.83. The zero-order chi connectivity index (χ0) is 8.81. The first-order valence-electron chi connectivity index (χ1n) is 3.83. The van der Waals surface area contributed by atoms with Gasteiger partial charge in [0.1, 0.15) is 0 Å². The van der Waals surface area contributed by atoms with Gasteiger partial charge >= 0.3 is 0 Å². The lowest BCUT2D eigenvalue weighted by molar-refractivity contribution is 0.454. The summed E-state index contributed by atoms with van der Waals surface area (Å²) in [6.45, 7) is 1.88. The van der Waals surface area contributed by atoms with E-state index in [-0.39, 0.29) is 0 Å². The molecule has 0 aliphatic carbocycles. The molecule has 0 aliphatic rings. The van der Waals surface area contributed by atoms with Gasteiger partial charge in [-0.15, -0.1) is 0 Å². The monoisotopic (exact) mass is 185 g/mol. The molecule has 0 amide bonds. The van der Waals surface area contributed by atoms with E-state index in [0.717, 1.165) is 5.69 Å². The van der Waals surface area contributed by atoms with Crippen molar-refractivity contribution in [2.75, 3.05) is 13.1 Å². The molecule has 12 heavy (non-hydrogen) atoms. The zero-order valence-electron chi connectivity index (χ0n) is 6.78. The van der Waals surface area contributed by atoms with Crippen molar-refractivity contribution in [1.82, 2.24) is 9.40 Å². The topological polar surface area (TPSA) is 42.1 Å². The van der Waals surface area contributed by atoms with Gasteiger partial charge in [0.05, 0.1) is 12.2 Å². The minimum Gasteiger partial charge on any atom is -0.329 e. The molecule has 0 spiro atoms. The fourth-order valence-corrected chi connectivity index (χ4v) is 1.11. The average molecular weight is 186 g/mol. The Labute approximate surface area is 77.3 Å². The van der Waals surface area contributed by atoms with Gasteiger partial charge in [-0.1, -0.05) is 6.07 Å². The highest BCUT2D eigenvalue weighted by atomic mass is 35.5. The molecular weight excluding hydrogens is 174 g/mol. The predicted octanol–water partition coefficient (Wildman–Crippen LogP) is 0.996. The maximum atomic E-state index is 5.83. The van der Waals surface area contributed by atoms with E-state index in [1.54, 1.807) is 10.6 Å². The Morgan fingerprint density at radius 1 is 1.50 bits per heavy atom. The first kappa shape index (κ1) is 9.45. The van der Waals surface area contributed by atoms with Gasteiger partial charge in [-0.2, -0.15) is 0 Å². The van der Waals surface area contributed by atoms with E-state index >= 15 is 0 Å². The highest BCUT2D eigenvalue weighted by Crippen LogP contribution is 2.02. The van der Waals surface area contributed by atoms with Gasteiger partial charge in [0, 0.05) is 19.3 Å². The van der Waals surface area contributed by atoms with Gasteiger partial charge in [-0.3, -0.25) is 4.98 Å². The molecule has 0 atom stereocenters. The van der Waals surface area contributed by atoms with Crippen molar-refractivity contribution in [3.8, 4) is 0 Å². The van der Waals surface area contributed by atoms with Crippen molar-refractivity contribution in [3.05, 3.63) is 30.1 Å². The Morgan fingerprint density at radius 3 is 2.92 bits per heavy atom. The van der Waals surface area contributed by atoms with E-state index in [4.69, 9.17) is 17.5 Å². The molecule has 4 heteroatoms. The lowest BCUT2D eigenvalue weighted by Gasteiger charge is -2.10. The third kappa shape index (κ3) is 3.17. The molecule has 0 saturated heterocycles. The minimum atomic E-state index is 0.566. The molecule has 0 radical (unpaired) electrons. The van der Waals surface area contributed by atoms with Crippen LogP contribution in [0.2, 0.25) is 0 Å². The van der Waals surface area contributed by atoms with Crippen LogP contribution in [0.3, 0.4) is 0 Å². The van der Waals surface area contributed by atoms with Crippen molar-refractivity contribution < 1.29 is 0 Å². The van der Waals surface area contributed by atoms with Gasteiger partial charge in [0.2, 0.25) is 0 Å². The summed E-state index contributed by atoms with van der Waals surface area (Å²) in [4.78, 5) is 4.13. The fraction of sp³-hybridized carbons (Fsp3) is 0.375. The molecule has 0 aromatic carbocycles. The number of rotatable bonds is 4. The molecule has 1 aromatic rings. The molecule has 0 unspecified atom stereocenters. The van der Waals surface area contributed by atoms with Crippen LogP contribution in [-0.2, 0) is 6.54 Å². The van der Waals surface area contributed by atoms with E-state index in [1.165, 1.54) is 0 Å². The van der Waals surface area contributed by atoms with E-state index in [2.05, 4.69) is 4.98 Å². The SMILES string of the molecule is NCCN(Cl)Cc1ccccn1. The third-order valence-corrected chi connectivity index (χ3v) is 1.72.